The van der Waals surface area contributed by atoms with Gasteiger partial charge in [0.25, 0.3) is 15.9 Å². The van der Waals surface area contributed by atoms with E-state index < -0.39 is 10.0 Å². The number of fused-ring (bicyclic) bond motifs is 2. The van der Waals surface area contributed by atoms with Crippen molar-refractivity contribution in [3.8, 4) is 0 Å². The van der Waals surface area contributed by atoms with Gasteiger partial charge in [0, 0.05) is 23.6 Å². The predicted octanol–water partition coefficient (Wildman–Crippen LogP) is 4.23. The van der Waals surface area contributed by atoms with Crippen molar-refractivity contribution in [3.05, 3.63) is 83.3 Å². The molecule has 2 aliphatic rings. The second kappa shape index (κ2) is 7.57. The van der Waals surface area contributed by atoms with Crippen LogP contribution in [0.4, 0.5) is 5.69 Å². The quantitative estimate of drug-likeness (QED) is 0.664. The molecule has 0 saturated carbocycles. The summed E-state index contributed by atoms with van der Waals surface area (Å²) in [6.07, 6.45) is 4.96. The van der Waals surface area contributed by atoms with Crippen LogP contribution in [0, 0.1) is 0 Å². The number of nitrogens with one attached hydrogen (secondary N) is 1. The number of furan rings is 1. The Labute approximate surface area is 181 Å². The molecule has 0 saturated heterocycles. The molecule has 0 bridgehead atoms. The van der Waals surface area contributed by atoms with Crippen LogP contribution in [-0.2, 0) is 22.9 Å². The Bertz CT molecular complexity index is 1250. The average molecular weight is 437 g/mol. The van der Waals surface area contributed by atoms with Crippen LogP contribution in [0.15, 0.2) is 70.2 Å². The molecular weight excluding hydrogens is 412 g/mol. The molecule has 160 valence electrons. The van der Waals surface area contributed by atoms with Crippen molar-refractivity contribution in [3.63, 3.8) is 0 Å². The number of aryl methyl sites for hydroxylation is 1. The van der Waals surface area contributed by atoms with E-state index in [-0.39, 0.29) is 22.9 Å². The van der Waals surface area contributed by atoms with Gasteiger partial charge in [-0.25, -0.2) is 8.42 Å². The summed E-state index contributed by atoms with van der Waals surface area (Å²) >= 11 is 0. The zero-order valence-corrected chi connectivity index (χ0v) is 18.1. The summed E-state index contributed by atoms with van der Waals surface area (Å²) in [7, 11) is -3.79. The standard InChI is InChI=1S/C24H24N2O4S/c1-16-14-17-6-2-3-10-22(17)26(16)31(28,29)19-8-4-7-18(15-19)24(27)25-21-9-5-11-23-20(21)12-13-30-23/h2-4,6-8,10,12-13,15-16,21H,5,9,11,14H2,1H3,(H,25,27). The molecule has 1 amide bonds. The van der Waals surface area contributed by atoms with Crippen molar-refractivity contribution in [1.29, 1.82) is 0 Å². The van der Waals surface area contributed by atoms with Crippen LogP contribution in [-0.4, -0.2) is 20.4 Å². The summed E-state index contributed by atoms with van der Waals surface area (Å²) in [4.78, 5) is 13.1. The number of rotatable bonds is 4. The van der Waals surface area contributed by atoms with E-state index in [2.05, 4.69) is 5.32 Å². The Hall–Kier alpha value is -3.06. The van der Waals surface area contributed by atoms with Gasteiger partial charge in [-0.2, -0.15) is 0 Å². The summed E-state index contributed by atoms with van der Waals surface area (Å²) in [5.41, 5.74) is 3.06. The number of nitrogens with zero attached hydrogens (tertiary/aromatic N) is 1. The van der Waals surface area contributed by atoms with Gasteiger partial charge in [-0.1, -0.05) is 24.3 Å². The number of sulfonamides is 1. The van der Waals surface area contributed by atoms with Crippen LogP contribution in [0.2, 0.25) is 0 Å². The zero-order chi connectivity index (χ0) is 21.6. The molecule has 2 heterocycles. The van der Waals surface area contributed by atoms with Crippen LogP contribution >= 0.6 is 0 Å². The highest BCUT2D eigenvalue weighted by Crippen LogP contribution is 2.36. The van der Waals surface area contributed by atoms with Gasteiger partial charge in [0.05, 0.1) is 22.9 Å². The summed E-state index contributed by atoms with van der Waals surface area (Å²) in [6.45, 7) is 1.90. The number of hydrogen-bond donors (Lipinski definition) is 1. The molecular formula is C24H24N2O4S. The van der Waals surface area contributed by atoms with Crippen LogP contribution < -0.4 is 9.62 Å². The second-order valence-electron chi connectivity index (χ2n) is 8.23. The molecule has 2 atom stereocenters. The van der Waals surface area contributed by atoms with Crippen LogP contribution in [0.25, 0.3) is 0 Å². The third-order valence-electron chi connectivity index (χ3n) is 6.15. The first-order chi connectivity index (χ1) is 14.9. The number of hydrogen-bond acceptors (Lipinski definition) is 4. The monoisotopic (exact) mass is 436 g/mol. The molecule has 3 aromatic rings. The maximum Gasteiger partial charge on any atom is 0.264 e. The molecule has 1 N–H and O–H groups in total. The predicted molar refractivity (Wildman–Crippen MR) is 118 cm³/mol. The molecule has 0 spiro atoms. The van der Waals surface area contributed by atoms with Crippen LogP contribution in [0.3, 0.4) is 0 Å². The molecule has 1 aliphatic carbocycles. The van der Waals surface area contributed by atoms with Gasteiger partial charge in [-0.3, -0.25) is 9.10 Å². The van der Waals surface area contributed by atoms with Crippen molar-refractivity contribution in [2.45, 2.75) is 49.6 Å². The molecule has 2 aromatic carbocycles. The maximum absolute atomic E-state index is 13.5. The first-order valence-electron chi connectivity index (χ1n) is 10.5. The van der Waals surface area contributed by atoms with Gasteiger partial charge in [-0.15, -0.1) is 0 Å². The minimum atomic E-state index is -3.79. The van der Waals surface area contributed by atoms with Crippen LogP contribution in [0.5, 0.6) is 0 Å². The smallest absolute Gasteiger partial charge is 0.264 e. The van der Waals surface area contributed by atoms with E-state index in [1.807, 2.05) is 37.3 Å². The van der Waals surface area contributed by atoms with Gasteiger partial charge < -0.3 is 9.73 Å². The molecule has 6 nitrogen and oxygen atoms in total. The SMILES string of the molecule is CC1Cc2ccccc2N1S(=O)(=O)c1cccc(C(=O)NC2CCCc3occc32)c1. The third kappa shape index (κ3) is 3.43. The van der Waals surface area contributed by atoms with Gasteiger partial charge in [-0.05, 0) is 62.1 Å². The zero-order valence-electron chi connectivity index (χ0n) is 17.2. The highest BCUT2D eigenvalue weighted by Gasteiger charge is 2.36. The topological polar surface area (TPSA) is 79.6 Å². The van der Waals surface area contributed by atoms with E-state index in [9.17, 15) is 13.2 Å². The van der Waals surface area contributed by atoms with E-state index in [0.29, 0.717) is 17.7 Å². The number of benzene rings is 2. The lowest BCUT2D eigenvalue weighted by Crippen LogP contribution is -2.36. The number of carbonyl (C=O) groups excluding carboxylic acids is 1. The Morgan fingerprint density at radius 2 is 1.97 bits per heavy atom. The minimum Gasteiger partial charge on any atom is -0.469 e. The largest absolute Gasteiger partial charge is 0.469 e. The van der Waals surface area contributed by atoms with E-state index in [1.165, 1.54) is 10.4 Å². The fraction of sp³-hybridized carbons (Fsp3) is 0.292. The highest BCUT2D eigenvalue weighted by molar-refractivity contribution is 7.92. The lowest BCUT2D eigenvalue weighted by molar-refractivity contribution is 0.0932. The fourth-order valence-electron chi connectivity index (χ4n) is 4.69. The molecule has 31 heavy (non-hydrogen) atoms. The lowest BCUT2D eigenvalue weighted by atomic mass is 9.93. The summed E-state index contributed by atoms with van der Waals surface area (Å²) in [6, 6.07) is 15.4. The summed E-state index contributed by atoms with van der Waals surface area (Å²) < 4.78 is 33.9. The molecule has 7 heteroatoms. The molecule has 1 aliphatic heterocycles. The van der Waals surface area contributed by atoms with Gasteiger partial charge in [0.2, 0.25) is 0 Å². The van der Waals surface area contributed by atoms with Crippen molar-refractivity contribution in [2.24, 2.45) is 0 Å². The van der Waals surface area contributed by atoms with Gasteiger partial charge in [0.15, 0.2) is 0 Å². The molecule has 1 aromatic heterocycles. The van der Waals surface area contributed by atoms with Gasteiger partial charge >= 0.3 is 0 Å². The summed E-state index contributed by atoms with van der Waals surface area (Å²) in [5, 5.41) is 3.04. The first-order valence-corrected chi connectivity index (χ1v) is 12.0. The lowest BCUT2D eigenvalue weighted by Gasteiger charge is -2.25. The Balaban J connectivity index is 1.42. The Morgan fingerprint density at radius 1 is 1.13 bits per heavy atom. The number of anilines is 1. The first kappa shape index (κ1) is 19.9. The van der Waals surface area contributed by atoms with Crippen molar-refractivity contribution < 1.29 is 17.6 Å². The molecule has 5 rings (SSSR count). The van der Waals surface area contributed by atoms with Crippen molar-refractivity contribution in [1.82, 2.24) is 5.32 Å². The van der Waals surface area contributed by atoms with E-state index in [1.54, 1.807) is 24.5 Å². The van der Waals surface area contributed by atoms with Crippen LogP contribution in [0.1, 0.15) is 53.1 Å². The van der Waals surface area contributed by atoms with E-state index >= 15 is 0 Å². The van der Waals surface area contributed by atoms with Gasteiger partial charge in [0.1, 0.15) is 5.76 Å². The molecule has 0 radical (unpaired) electrons. The van der Waals surface area contributed by atoms with Crippen molar-refractivity contribution in [2.75, 3.05) is 4.31 Å². The Kier molecular flexibility index (Phi) is 4.85. The number of carbonyl (C=O) groups is 1. The van der Waals surface area contributed by atoms with Crippen molar-refractivity contribution >= 4 is 21.6 Å². The molecule has 2 unspecified atom stereocenters. The Morgan fingerprint density at radius 3 is 2.84 bits per heavy atom. The van der Waals surface area contributed by atoms with E-state index in [4.69, 9.17) is 4.42 Å². The third-order valence-corrected chi connectivity index (χ3v) is 8.08. The number of amides is 1. The second-order valence-corrected chi connectivity index (χ2v) is 10.0. The maximum atomic E-state index is 13.5. The van der Waals surface area contributed by atoms with E-state index in [0.717, 1.165) is 36.1 Å². The summed E-state index contributed by atoms with van der Waals surface area (Å²) in [5.74, 6) is 0.625. The fourth-order valence-corrected chi connectivity index (χ4v) is 6.43. The highest BCUT2D eigenvalue weighted by atomic mass is 32.2. The molecule has 0 fully saturated rings. The minimum absolute atomic E-state index is 0.122. The number of para-hydroxylation sites is 1. The average Bonchev–Trinajstić information content (AvgIpc) is 3.38. The normalized spacial score (nSPS) is 20.2.